The molecule has 0 radical (unpaired) electrons. The summed E-state index contributed by atoms with van der Waals surface area (Å²) in [5.74, 6) is -2.46. The SMILES string of the molecule is O=C(NS(=O)(=O)c1cccnc1)[C@@H]1C[C@@H]1c1ccccc1OC(F)(F)F. The molecule has 3 rings (SSSR count). The highest BCUT2D eigenvalue weighted by Crippen LogP contribution is 2.51. The summed E-state index contributed by atoms with van der Waals surface area (Å²) in [4.78, 5) is 15.7. The molecule has 0 saturated heterocycles. The number of amides is 1. The number of benzene rings is 1. The number of aromatic nitrogens is 1. The Morgan fingerprint density at radius 3 is 2.58 bits per heavy atom. The maximum absolute atomic E-state index is 12.5. The molecule has 138 valence electrons. The number of pyridine rings is 1. The van der Waals surface area contributed by atoms with Crippen LogP contribution in [0.4, 0.5) is 13.2 Å². The summed E-state index contributed by atoms with van der Waals surface area (Å²) in [5, 5.41) is 0. The number of ether oxygens (including phenoxy) is 1. The lowest BCUT2D eigenvalue weighted by atomic mass is 10.1. The van der Waals surface area contributed by atoms with Crippen molar-refractivity contribution in [2.75, 3.05) is 0 Å². The number of alkyl halides is 3. The van der Waals surface area contributed by atoms with Crippen LogP contribution in [-0.2, 0) is 14.8 Å². The first-order chi connectivity index (χ1) is 12.2. The van der Waals surface area contributed by atoms with E-state index in [9.17, 15) is 26.4 Å². The number of carbonyl (C=O) groups excluding carboxylic acids is 1. The van der Waals surface area contributed by atoms with Gasteiger partial charge in [0.05, 0.1) is 0 Å². The van der Waals surface area contributed by atoms with Gasteiger partial charge in [0.1, 0.15) is 10.6 Å². The normalized spacial score (nSPS) is 19.7. The van der Waals surface area contributed by atoms with Gasteiger partial charge in [-0.05, 0) is 36.1 Å². The van der Waals surface area contributed by atoms with E-state index in [2.05, 4.69) is 9.72 Å². The van der Waals surface area contributed by atoms with Crippen LogP contribution >= 0.6 is 0 Å². The van der Waals surface area contributed by atoms with E-state index in [1.54, 1.807) is 0 Å². The average molecular weight is 386 g/mol. The highest BCUT2D eigenvalue weighted by molar-refractivity contribution is 7.90. The fraction of sp³-hybridized carbons (Fsp3) is 0.250. The second-order valence-corrected chi connectivity index (χ2v) is 7.38. The first kappa shape index (κ1) is 18.2. The van der Waals surface area contributed by atoms with Gasteiger partial charge in [-0.2, -0.15) is 0 Å². The molecule has 6 nitrogen and oxygen atoms in total. The van der Waals surface area contributed by atoms with Crippen molar-refractivity contribution in [2.24, 2.45) is 5.92 Å². The van der Waals surface area contributed by atoms with Gasteiger partial charge in [-0.15, -0.1) is 13.2 Å². The molecule has 26 heavy (non-hydrogen) atoms. The van der Waals surface area contributed by atoms with E-state index in [1.807, 2.05) is 4.72 Å². The zero-order valence-corrected chi connectivity index (χ0v) is 13.9. The Morgan fingerprint density at radius 2 is 1.92 bits per heavy atom. The standard InChI is InChI=1S/C16H13F3N2O4S/c17-16(18,19)25-14-6-2-1-5-11(14)12-8-13(12)15(22)21-26(23,24)10-4-3-7-20-9-10/h1-7,9,12-13H,8H2,(H,21,22)/t12-,13-/m1/s1. The molecule has 2 atom stereocenters. The Balaban J connectivity index is 1.72. The van der Waals surface area contributed by atoms with Crippen molar-refractivity contribution in [2.45, 2.75) is 23.6 Å². The van der Waals surface area contributed by atoms with Crippen molar-refractivity contribution < 1.29 is 31.1 Å². The largest absolute Gasteiger partial charge is 0.573 e. The third-order valence-corrected chi connectivity index (χ3v) is 5.18. The smallest absolute Gasteiger partial charge is 0.405 e. The quantitative estimate of drug-likeness (QED) is 0.854. The van der Waals surface area contributed by atoms with Crippen molar-refractivity contribution in [3.8, 4) is 5.75 Å². The van der Waals surface area contributed by atoms with Crippen molar-refractivity contribution in [1.29, 1.82) is 0 Å². The molecule has 1 fully saturated rings. The molecular formula is C16H13F3N2O4S. The van der Waals surface area contributed by atoms with Gasteiger partial charge in [0, 0.05) is 18.3 Å². The van der Waals surface area contributed by atoms with Gasteiger partial charge >= 0.3 is 6.36 Å². The zero-order chi connectivity index (χ0) is 18.9. The summed E-state index contributed by atoms with van der Waals surface area (Å²) in [7, 11) is -4.08. The van der Waals surface area contributed by atoms with E-state index in [4.69, 9.17) is 0 Å². The van der Waals surface area contributed by atoms with Crippen LogP contribution in [0.3, 0.4) is 0 Å². The van der Waals surface area contributed by atoms with Crippen LogP contribution in [0.15, 0.2) is 53.7 Å². The topological polar surface area (TPSA) is 85.4 Å². The van der Waals surface area contributed by atoms with Gasteiger partial charge in [-0.1, -0.05) is 18.2 Å². The predicted octanol–water partition coefficient (Wildman–Crippen LogP) is 2.59. The fourth-order valence-electron chi connectivity index (χ4n) is 2.61. The van der Waals surface area contributed by atoms with Gasteiger partial charge in [0.15, 0.2) is 0 Å². The molecule has 2 aromatic rings. The Morgan fingerprint density at radius 1 is 1.19 bits per heavy atom. The van der Waals surface area contributed by atoms with Crippen molar-refractivity contribution in [3.63, 3.8) is 0 Å². The van der Waals surface area contributed by atoms with E-state index in [0.717, 1.165) is 12.3 Å². The number of halogens is 3. The van der Waals surface area contributed by atoms with Gasteiger partial charge in [-0.3, -0.25) is 9.78 Å². The monoisotopic (exact) mass is 386 g/mol. The first-order valence-corrected chi connectivity index (χ1v) is 8.97. The van der Waals surface area contributed by atoms with Crippen LogP contribution in [-0.4, -0.2) is 25.7 Å². The number of hydrogen-bond acceptors (Lipinski definition) is 5. The van der Waals surface area contributed by atoms with Crippen LogP contribution in [0.25, 0.3) is 0 Å². The second kappa shape index (κ2) is 6.60. The summed E-state index contributed by atoms with van der Waals surface area (Å²) in [6, 6.07) is 8.17. The van der Waals surface area contributed by atoms with Crippen LogP contribution in [0.2, 0.25) is 0 Å². The van der Waals surface area contributed by atoms with Crippen LogP contribution in [0, 0.1) is 5.92 Å². The van der Waals surface area contributed by atoms with Crippen molar-refractivity contribution >= 4 is 15.9 Å². The molecule has 1 N–H and O–H groups in total. The summed E-state index contributed by atoms with van der Waals surface area (Å²) in [6.07, 6.45) is -2.15. The summed E-state index contributed by atoms with van der Waals surface area (Å²) >= 11 is 0. The summed E-state index contributed by atoms with van der Waals surface area (Å²) < 4.78 is 67.6. The van der Waals surface area contributed by atoms with Gasteiger partial charge in [-0.25, -0.2) is 13.1 Å². The Kier molecular flexibility index (Phi) is 4.61. The lowest BCUT2D eigenvalue weighted by molar-refractivity contribution is -0.274. The molecule has 1 aliphatic rings. The van der Waals surface area contributed by atoms with E-state index in [-0.39, 0.29) is 16.9 Å². The maximum atomic E-state index is 12.5. The van der Waals surface area contributed by atoms with E-state index in [0.29, 0.717) is 0 Å². The highest BCUT2D eigenvalue weighted by Gasteiger charge is 2.47. The highest BCUT2D eigenvalue weighted by atomic mass is 32.2. The molecule has 0 bridgehead atoms. The number of hydrogen-bond donors (Lipinski definition) is 1. The number of carbonyl (C=O) groups is 1. The number of nitrogens with one attached hydrogen (secondary N) is 1. The van der Waals surface area contributed by atoms with Gasteiger partial charge < -0.3 is 4.74 Å². The van der Waals surface area contributed by atoms with E-state index < -0.39 is 39.9 Å². The summed E-state index contributed by atoms with van der Waals surface area (Å²) in [5.41, 5.74) is 0.212. The first-order valence-electron chi connectivity index (χ1n) is 7.49. The molecule has 1 amide bonds. The zero-order valence-electron chi connectivity index (χ0n) is 13.1. The maximum Gasteiger partial charge on any atom is 0.573 e. The molecule has 10 heteroatoms. The fourth-order valence-corrected chi connectivity index (χ4v) is 3.60. The van der Waals surface area contributed by atoms with Crippen molar-refractivity contribution in [1.82, 2.24) is 9.71 Å². The number of sulfonamides is 1. The van der Waals surface area contributed by atoms with E-state index in [1.165, 1.54) is 36.5 Å². The summed E-state index contributed by atoms with van der Waals surface area (Å²) in [6.45, 7) is 0. The minimum absolute atomic E-state index is 0.175. The van der Waals surface area contributed by atoms with Gasteiger partial charge in [0.2, 0.25) is 5.91 Å². The Bertz CT molecular complexity index is 917. The third-order valence-electron chi connectivity index (χ3n) is 3.85. The molecule has 0 spiro atoms. The number of rotatable bonds is 5. The van der Waals surface area contributed by atoms with Crippen LogP contribution in [0.1, 0.15) is 17.9 Å². The number of nitrogens with zero attached hydrogens (tertiary/aromatic N) is 1. The Hall–Kier alpha value is -2.62. The van der Waals surface area contributed by atoms with Crippen molar-refractivity contribution in [3.05, 3.63) is 54.4 Å². The molecule has 1 heterocycles. The number of para-hydroxylation sites is 1. The molecule has 1 saturated carbocycles. The molecule has 1 aliphatic carbocycles. The average Bonchev–Trinajstić information content (AvgIpc) is 3.35. The molecule has 1 aromatic heterocycles. The lowest BCUT2D eigenvalue weighted by Gasteiger charge is -2.13. The van der Waals surface area contributed by atoms with Gasteiger partial charge in [0.25, 0.3) is 10.0 Å². The molecule has 1 aromatic carbocycles. The molecule has 0 aliphatic heterocycles. The van der Waals surface area contributed by atoms with Crippen LogP contribution in [0.5, 0.6) is 5.75 Å². The molecular weight excluding hydrogens is 373 g/mol. The second-order valence-electron chi connectivity index (χ2n) is 5.69. The Labute approximate surface area is 147 Å². The lowest BCUT2D eigenvalue weighted by Crippen LogP contribution is -2.32. The predicted molar refractivity (Wildman–Crippen MR) is 83.5 cm³/mol. The minimum Gasteiger partial charge on any atom is -0.405 e. The van der Waals surface area contributed by atoms with Crippen LogP contribution < -0.4 is 9.46 Å². The van der Waals surface area contributed by atoms with E-state index >= 15 is 0 Å². The molecule has 0 unspecified atom stereocenters. The minimum atomic E-state index is -4.85. The third kappa shape index (κ3) is 4.13.